The molecule has 0 radical (unpaired) electrons. The second-order valence-corrected chi connectivity index (χ2v) is 8.09. The van der Waals surface area contributed by atoms with Crippen molar-refractivity contribution in [1.29, 1.82) is 0 Å². The molecule has 1 N–H and O–H groups in total. The Balaban J connectivity index is 1.79. The van der Waals surface area contributed by atoms with Crippen LogP contribution < -0.4 is 14.8 Å². The first kappa shape index (κ1) is 23.7. The van der Waals surface area contributed by atoms with Crippen molar-refractivity contribution in [3.63, 3.8) is 0 Å². The van der Waals surface area contributed by atoms with E-state index in [0.717, 1.165) is 22.5 Å². The molecule has 178 valence electrons. The molecule has 0 fully saturated rings. The molecule has 9 heteroatoms. The number of aromatic nitrogens is 1. The summed E-state index contributed by atoms with van der Waals surface area (Å²) in [6.45, 7) is -0.216. The lowest BCUT2D eigenvalue weighted by molar-refractivity contribution is -0.141. The zero-order valence-electron chi connectivity index (χ0n) is 19.0. The van der Waals surface area contributed by atoms with Gasteiger partial charge in [0, 0.05) is 22.3 Å². The van der Waals surface area contributed by atoms with Crippen LogP contribution in [0.1, 0.15) is 35.4 Å². The molecule has 34 heavy (non-hydrogen) atoms. The number of carbonyl (C=O) groups is 2. The topological polar surface area (TPSA) is 88.0 Å². The van der Waals surface area contributed by atoms with Crippen molar-refractivity contribution in [1.82, 2.24) is 9.88 Å². The summed E-state index contributed by atoms with van der Waals surface area (Å²) >= 11 is 6.39. The lowest BCUT2D eigenvalue weighted by Gasteiger charge is -2.25. The van der Waals surface area contributed by atoms with Gasteiger partial charge in [-0.15, -0.1) is 0 Å². The van der Waals surface area contributed by atoms with Crippen molar-refractivity contribution in [2.24, 2.45) is 0 Å². The predicted molar refractivity (Wildman–Crippen MR) is 126 cm³/mol. The number of rotatable bonds is 7. The molecule has 8 nitrogen and oxygen atoms in total. The monoisotopic (exact) mass is 484 g/mol. The number of halogens is 1. The third-order valence-electron chi connectivity index (χ3n) is 5.69. The molecule has 1 aliphatic heterocycles. The first-order chi connectivity index (χ1) is 16.5. The van der Waals surface area contributed by atoms with E-state index in [2.05, 4.69) is 10.1 Å². The van der Waals surface area contributed by atoms with Crippen LogP contribution in [0.25, 0.3) is 5.69 Å². The molecule has 2 atom stereocenters. The Bertz CT molecular complexity index is 1210. The van der Waals surface area contributed by atoms with E-state index in [1.54, 1.807) is 20.3 Å². The van der Waals surface area contributed by atoms with E-state index in [-0.39, 0.29) is 18.9 Å². The molecule has 0 unspecified atom stereocenters. The maximum Gasteiger partial charge on any atom is 0.325 e. The summed E-state index contributed by atoms with van der Waals surface area (Å²) in [6.07, 6.45) is 0.665. The fourth-order valence-corrected chi connectivity index (χ4v) is 4.31. The number of nitrogens with one attached hydrogen (secondary N) is 1. The Morgan fingerprint density at radius 1 is 1.06 bits per heavy atom. The minimum absolute atomic E-state index is 0.00842. The van der Waals surface area contributed by atoms with Crippen LogP contribution in [-0.4, -0.2) is 44.3 Å². The van der Waals surface area contributed by atoms with E-state index >= 15 is 0 Å². The largest absolute Gasteiger partial charge is 0.493 e. The summed E-state index contributed by atoms with van der Waals surface area (Å²) < 4.78 is 24.4. The van der Waals surface area contributed by atoms with E-state index in [9.17, 15) is 9.59 Å². The Morgan fingerprint density at radius 3 is 2.62 bits per heavy atom. The van der Waals surface area contributed by atoms with E-state index in [1.807, 2.05) is 53.2 Å². The van der Waals surface area contributed by atoms with Gasteiger partial charge in [0.2, 0.25) is 5.91 Å². The van der Waals surface area contributed by atoms with Crippen LogP contribution in [0.15, 0.2) is 54.7 Å². The number of benzene rings is 2. The molecular weight excluding hydrogens is 460 g/mol. The number of fused-ring (bicyclic) bond motifs is 3. The molecule has 0 bridgehead atoms. The molecule has 1 amide bonds. The molecule has 2 aromatic carbocycles. The summed E-state index contributed by atoms with van der Waals surface area (Å²) in [6, 6.07) is 14.9. The zero-order valence-corrected chi connectivity index (χ0v) is 19.8. The van der Waals surface area contributed by atoms with Gasteiger partial charge in [-0.25, -0.2) is 0 Å². The van der Waals surface area contributed by atoms with Gasteiger partial charge >= 0.3 is 5.97 Å². The summed E-state index contributed by atoms with van der Waals surface area (Å²) in [5.74, 6) is 0.216. The van der Waals surface area contributed by atoms with Crippen LogP contribution in [0.2, 0.25) is 5.02 Å². The fourth-order valence-electron chi connectivity index (χ4n) is 4.13. The van der Waals surface area contributed by atoms with Crippen molar-refractivity contribution in [3.8, 4) is 17.2 Å². The van der Waals surface area contributed by atoms with Crippen LogP contribution in [0.3, 0.4) is 0 Å². The van der Waals surface area contributed by atoms with Crippen molar-refractivity contribution in [2.45, 2.75) is 18.6 Å². The minimum atomic E-state index is -0.625. The Hall–Kier alpha value is -3.49. The van der Waals surface area contributed by atoms with Crippen LogP contribution in [-0.2, 0) is 19.1 Å². The number of nitrogens with zero attached hydrogens (tertiary/aromatic N) is 1. The minimum Gasteiger partial charge on any atom is -0.493 e. The highest BCUT2D eigenvalue weighted by Gasteiger charge is 2.34. The van der Waals surface area contributed by atoms with Crippen LogP contribution in [0.4, 0.5) is 0 Å². The highest BCUT2D eigenvalue weighted by atomic mass is 35.5. The van der Waals surface area contributed by atoms with Crippen molar-refractivity contribution < 1.29 is 28.5 Å². The van der Waals surface area contributed by atoms with Crippen molar-refractivity contribution in [3.05, 3.63) is 76.6 Å². The molecular formula is C25H25ClN2O6. The highest BCUT2D eigenvalue weighted by Crippen LogP contribution is 2.46. The Morgan fingerprint density at radius 2 is 1.88 bits per heavy atom. The van der Waals surface area contributed by atoms with Gasteiger partial charge in [0.15, 0.2) is 11.5 Å². The smallest absolute Gasteiger partial charge is 0.325 e. The van der Waals surface area contributed by atoms with E-state index in [1.165, 1.54) is 7.11 Å². The van der Waals surface area contributed by atoms with Gasteiger partial charge in [0.25, 0.3) is 0 Å². The number of carbonyl (C=O) groups excluding carboxylic acids is 2. The Labute approximate surface area is 202 Å². The third-order valence-corrected chi connectivity index (χ3v) is 5.92. The van der Waals surface area contributed by atoms with Gasteiger partial charge in [-0.05, 0) is 36.4 Å². The van der Waals surface area contributed by atoms with Gasteiger partial charge in [0.1, 0.15) is 18.8 Å². The summed E-state index contributed by atoms with van der Waals surface area (Å²) in [4.78, 5) is 24.2. The van der Waals surface area contributed by atoms with E-state index in [0.29, 0.717) is 16.5 Å². The number of hydrogen-bond acceptors (Lipinski definition) is 6. The average molecular weight is 485 g/mol. The van der Waals surface area contributed by atoms with Gasteiger partial charge in [-0.2, -0.15) is 0 Å². The molecule has 1 aliphatic rings. The average Bonchev–Trinajstić information content (AvgIpc) is 3.30. The van der Waals surface area contributed by atoms with E-state index < -0.39 is 18.2 Å². The molecule has 0 saturated heterocycles. The molecule has 1 aromatic heterocycles. The maximum atomic E-state index is 12.7. The fraction of sp³-hybridized carbons (Fsp3) is 0.280. The number of methoxy groups -OCH3 is 3. The molecule has 0 spiro atoms. The normalized spacial score (nSPS) is 16.6. The highest BCUT2D eigenvalue weighted by molar-refractivity contribution is 6.30. The number of hydrogen-bond donors (Lipinski definition) is 1. The molecule has 4 rings (SSSR count). The number of amides is 1. The van der Waals surface area contributed by atoms with Gasteiger partial charge in [-0.3, -0.25) is 9.59 Å². The summed E-state index contributed by atoms with van der Waals surface area (Å²) in [7, 11) is 4.41. The first-order valence-corrected chi connectivity index (χ1v) is 11.0. The standard InChI is InChI=1S/C25H25ClN2O6/c1-31-20-8-4-6-16(25(20)33-3)24-17-12-15(26)9-10-18(17)28-11-5-7-19(28)21(34-24)13-22(29)27-14-23(30)32-2/h4-12,21,24H,13-14H2,1-3H3,(H,27,29)/t21-,24-/m1/s1. The van der Waals surface area contributed by atoms with Crippen LogP contribution in [0, 0.1) is 0 Å². The predicted octanol–water partition coefficient (Wildman–Crippen LogP) is 3.99. The molecule has 0 aliphatic carbocycles. The molecule has 3 aromatic rings. The van der Waals surface area contributed by atoms with E-state index in [4.69, 9.17) is 25.8 Å². The first-order valence-electron chi connectivity index (χ1n) is 10.6. The summed E-state index contributed by atoms with van der Waals surface area (Å²) in [5.41, 5.74) is 3.21. The van der Waals surface area contributed by atoms with Gasteiger partial charge in [-0.1, -0.05) is 23.7 Å². The number of esters is 1. The van der Waals surface area contributed by atoms with Crippen molar-refractivity contribution >= 4 is 23.5 Å². The van der Waals surface area contributed by atoms with Crippen LogP contribution in [0.5, 0.6) is 11.5 Å². The van der Waals surface area contributed by atoms with Crippen LogP contribution >= 0.6 is 11.6 Å². The van der Waals surface area contributed by atoms with Gasteiger partial charge in [0.05, 0.1) is 39.1 Å². The quantitative estimate of drug-likeness (QED) is 0.510. The summed E-state index contributed by atoms with van der Waals surface area (Å²) in [5, 5.41) is 3.13. The number of ether oxygens (including phenoxy) is 4. The lowest BCUT2D eigenvalue weighted by atomic mass is 9.98. The lowest BCUT2D eigenvalue weighted by Crippen LogP contribution is -2.31. The van der Waals surface area contributed by atoms with Gasteiger partial charge < -0.3 is 28.8 Å². The molecule has 0 saturated carbocycles. The second kappa shape index (κ2) is 10.2. The number of para-hydroxylation sites is 1. The molecule has 2 heterocycles. The second-order valence-electron chi connectivity index (χ2n) is 7.65. The maximum absolute atomic E-state index is 12.7. The third kappa shape index (κ3) is 4.60. The Kier molecular flexibility index (Phi) is 7.09. The zero-order chi connectivity index (χ0) is 24.2. The SMILES string of the molecule is COC(=O)CNC(=O)C[C@H]1O[C@H](c2cccc(OC)c2OC)c2cc(Cl)ccc2-n2cccc21. The van der Waals surface area contributed by atoms with Crippen molar-refractivity contribution in [2.75, 3.05) is 27.9 Å².